The van der Waals surface area contributed by atoms with E-state index in [1.54, 1.807) is 18.3 Å². The van der Waals surface area contributed by atoms with E-state index in [4.69, 9.17) is 5.73 Å². The Hall–Kier alpha value is -1.73. The molecule has 2 aliphatic heterocycles. The summed E-state index contributed by atoms with van der Waals surface area (Å²) in [5, 5.41) is -0.109. The van der Waals surface area contributed by atoms with Crippen molar-refractivity contribution in [2.75, 3.05) is 18.0 Å². The van der Waals surface area contributed by atoms with Crippen molar-refractivity contribution in [2.24, 2.45) is 5.73 Å². The summed E-state index contributed by atoms with van der Waals surface area (Å²) in [6.07, 6.45) is 5.36. The Kier molecular flexibility index (Phi) is 4.03. The van der Waals surface area contributed by atoms with Gasteiger partial charge < -0.3 is 10.6 Å². The molecule has 1 aromatic rings. The van der Waals surface area contributed by atoms with E-state index in [1.807, 2.05) is 0 Å². The number of ketones is 1. The van der Waals surface area contributed by atoms with Crippen molar-refractivity contribution in [3.63, 3.8) is 0 Å². The van der Waals surface area contributed by atoms with Crippen LogP contribution in [0.2, 0.25) is 0 Å². The third kappa shape index (κ3) is 3.30. The van der Waals surface area contributed by atoms with Gasteiger partial charge in [0.15, 0.2) is 5.78 Å². The summed E-state index contributed by atoms with van der Waals surface area (Å²) in [4.78, 5) is 34.1. The number of piperidine rings is 1. The van der Waals surface area contributed by atoms with Crippen molar-refractivity contribution in [3.8, 4) is 0 Å². The van der Waals surface area contributed by atoms with Crippen molar-refractivity contribution in [3.05, 3.63) is 22.9 Å². The normalized spacial score (nSPS) is 24.9. The van der Waals surface area contributed by atoms with Gasteiger partial charge in [0.05, 0.1) is 17.0 Å². The molecule has 0 aliphatic carbocycles. The van der Waals surface area contributed by atoms with E-state index in [9.17, 15) is 9.59 Å². The zero-order valence-corrected chi connectivity index (χ0v) is 12.3. The van der Waals surface area contributed by atoms with Crippen LogP contribution in [0.5, 0.6) is 0 Å². The molecule has 2 aliphatic rings. The van der Waals surface area contributed by atoms with Crippen LogP contribution in [-0.4, -0.2) is 40.0 Å². The number of nitrogens with two attached hydrogens (primary N) is 1. The van der Waals surface area contributed by atoms with Crippen LogP contribution in [-0.2, 0) is 9.59 Å². The summed E-state index contributed by atoms with van der Waals surface area (Å²) >= 11 is 0.989. The highest BCUT2D eigenvalue weighted by molar-refractivity contribution is 8.18. The van der Waals surface area contributed by atoms with Crippen LogP contribution < -0.4 is 10.6 Å². The Labute approximate surface area is 126 Å². The highest BCUT2D eigenvalue weighted by Gasteiger charge is 2.26. The summed E-state index contributed by atoms with van der Waals surface area (Å²) in [6, 6.07) is 1.88. The Bertz CT molecular complexity index is 617. The molecular weight excluding hydrogens is 288 g/mol. The fourth-order valence-corrected chi connectivity index (χ4v) is 3.28. The molecule has 7 heteroatoms. The van der Waals surface area contributed by atoms with Gasteiger partial charge in [0.25, 0.3) is 0 Å². The molecule has 0 spiro atoms. The van der Waals surface area contributed by atoms with Gasteiger partial charge in [-0.1, -0.05) is 0 Å². The number of anilines is 1. The monoisotopic (exact) mass is 304 g/mol. The standard InChI is InChI=1S/C14H16N4O2S/c15-9-2-1-5-18(8-9)14-16-4-3-10(17-14)6-12-11(19)7-13(20)21-12/h3-4,6,9H,1-2,5,7-8,15H2/b12-6-/t9-/m1/s1. The minimum Gasteiger partial charge on any atom is -0.339 e. The van der Waals surface area contributed by atoms with Gasteiger partial charge >= 0.3 is 0 Å². The first-order valence-corrected chi connectivity index (χ1v) is 7.72. The molecule has 2 N–H and O–H groups in total. The number of thioether (sulfide) groups is 1. The topological polar surface area (TPSA) is 89.2 Å². The molecular formula is C14H16N4O2S. The summed E-state index contributed by atoms with van der Waals surface area (Å²) in [6.45, 7) is 1.63. The molecule has 0 saturated carbocycles. The first kappa shape index (κ1) is 14.2. The van der Waals surface area contributed by atoms with Crippen LogP contribution in [0.4, 0.5) is 5.95 Å². The minimum atomic E-state index is -0.134. The zero-order chi connectivity index (χ0) is 14.8. The van der Waals surface area contributed by atoms with Gasteiger partial charge in [0.1, 0.15) is 0 Å². The third-order valence-corrected chi connectivity index (χ3v) is 4.43. The lowest BCUT2D eigenvalue weighted by molar-refractivity contribution is -0.119. The smallest absolute Gasteiger partial charge is 0.225 e. The predicted molar refractivity (Wildman–Crippen MR) is 81.7 cm³/mol. The van der Waals surface area contributed by atoms with E-state index in [1.165, 1.54) is 0 Å². The van der Waals surface area contributed by atoms with Gasteiger partial charge in [-0.05, 0) is 36.7 Å². The lowest BCUT2D eigenvalue weighted by atomic mass is 10.1. The van der Waals surface area contributed by atoms with Gasteiger partial charge in [0, 0.05) is 25.3 Å². The molecule has 1 aromatic heterocycles. The van der Waals surface area contributed by atoms with Crippen molar-refractivity contribution < 1.29 is 9.59 Å². The lowest BCUT2D eigenvalue weighted by Crippen LogP contribution is -2.43. The molecule has 110 valence electrons. The van der Waals surface area contributed by atoms with Crippen molar-refractivity contribution in [1.29, 1.82) is 0 Å². The maximum absolute atomic E-state index is 11.6. The van der Waals surface area contributed by atoms with E-state index in [-0.39, 0.29) is 23.4 Å². The number of Topliss-reactive ketones (excluding diaryl/α,β-unsaturated/α-hetero) is 1. The lowest BCUT2D eigenvalue weighted by Gasteiger charge is -2.30. The third-order valence-electron chi connectivity index (χ3n) is 3.49. The maximum Gasteiger partial charge on any atom is 0.225 e. The molecule has 6 nitrogen and oxygen atoms in total. The highest BCUT2D eigenvalue weighted by atomic mass is 32.2. The number of aromatic nitrogens is 2. The quantitative estimate of drug-likeness (QED) is 0.643. The van der Waals surface area contributed by atoms with Crippen molar-refractivity contribution in [2.45, 2.75) is 25.3 Å². The van der Waals surface area contributed by atoms with Crippen LogP contribution in [0.15, 0.2) is 17.2 Å². The second kappa shape index (κ2) is 5.95. The highest BCUT2D eigenvalue weighted by Crippen LogP contribution is 2.30. The largest absolute Gasteiger partial charge is 0.339 e. The molecule has 3 rings (SSSR count). The first-order valence-electron chi connectivity index (χ1n) is 6.91. The predicted octanol–water partition coefficient (Wildman–Crippen LogP) is 0.978. The number of nitrogens with zero attached hydrogens (tertiary/aromatic N) is 3. The molecule has 21 heavy (non-hydrogen) atoms. The van der Waals surface area contributed by atoms with Gasteiger partial charge in [0.2, 0.25) is 11.1 Å². The first-order chi connectivity index (χ1) is 10.1. The Morgan fingerprint density at radius 1 is 1.43 bits per heavy atom. The van der Waals surface area contributed by atoms with E-state index >= 15 is 0 Å². The van der Waals surface area contributed by atoms with Gasteiger partial charge in [-0.25, -0.2) is 9.97 Å². The Morgan fingerprint density at radius 3 is 3.00 bits per heavy atom. The number of carbonyl (C=O) groups is 2. The summed E-state index contributed by atoms with van der Waals surface area (Å²) in [7, 11) is 0. The number of rotatable bonds is 2. The Morgan fingerprint density at radius 2 is 2.29 bits per heavy atom. The fourth-order valence-electron chi connectivity index (χ4n) is 2.46. The SMILES string of the molecule is N[C@@H]1CCCN(c2nccc(/C=C3\SC(=O)CC3=O)n2)C1. The van der Waals surface area contributed by atoms with Crippen molar-refractivity contribution in [1.82, 2.24) is 9.97 Å². The molecule has 2 saturated heterocycles. The molecule has 3 heterocycles. The van der Waals surface area contributed by atoms with Gasteiger partial charge in [-0.15, -0.1) is 0 Å². The van der Waals surface area contributed by atoms with Crippen molar-refractivity contribution >= 4 is 34.7 Å². The summed E-state index contributed by atoms with van der Waals surface area (Å²) in [5.41, 5.74) is 6.61. The van der Waals surface area contributed by atoms with Gasteiger partial charge in [-0.2, -0.15) is 0 Å². The number of carbonyl (C=O) groups excluding carboxylic acids is 2. The Balaban J connectivity index is 1.82. The van der Waals surface area contributed by atoms with Crippen LogP contribution >= 0.6 is 11.8 Å². The summed E-state index contributed by atoms with van der Waals surface area (Å²) in [5.74, 6) is 0.492. The number of hydrogen-bond donors (Lipinski definition) is 1. The van der Waals surface area contributed by atoms with Crippen LogP contribution in [0.25, 0.3) is 6.08 Å². The molecule has 1 atom stereocenters. The van der Waals surface area contributed by atoms with E-state index in [0.29, 0.717) is 16.5 Å². The molecule has 0 aromatic carbocycles. The molecule has 0 amide bonds. The maximum atomic E-state index is 11.6. The number of allylic oxidation sites excluding steroid dienone is 1. The number of hydrogen-bond acceptors (Lipinski definition) is 7. The average molecular weight is 304 g/mol. The molecule has 0 unspecified atom stereocenters. The second-order valence-electron chi connectivity index (χ2n) is 5.21. The average Bonchev–Trinajstić information content (AvgIpc) is 2.77. The summed E-state index contributed by atoms with van der Waals surface area (Å²) < 4.78 is 0. The van der Waals surface area contributed by atoms with E-state index < -0.39 is 0 Å². The van der Waals surface area contributed by atoms with Crippen LogP contribution in [0.3, 0.4) is 0 Å². The van der Waals surface area contributed by atoms with E-state index in [2.05, 4.69) is 14.9 Å². The zero-order valence-electron chi connectivity index (χ0n) is 11.5. The minimum absolute atomic E-state index is 0.0184. The second-order valence-corrected chi connectivity index (χ2v) is 6.31. The molecule has 0 radical (unpaired) electrons. The fraction of sp³-hybridized carbons (Fsp3) is 0.429. The van der Waals surface area contributed by atoms with Crippen LogP contribution in [0.1, 0.15) is 25.0 Å². The van der Waals surface area contributed by atoms with Gasteiger partial charge in [-0.3, -0.25) is 9.59 Å². The molecule has 2 fully saturated rings. The molecule has 0 bridgehead atoms. The van der Waals surface area contributed by atoms with Crippen LogP contribution in [0, 0.1) is 0 Å². The van der Waals surface area contributed by atoms with E-state index in [0.717, 1.165) is 37.7 Å².